The summed E-state index contributed by atoms with van der Waals surface area (Å²) in [6.45, 7) is 5.12. The fourth-order valence-electron chi connectivity index (χ4n) is 1.45. The lowest BCUT2D eigenvalue weighted by molar-refractivity contribution is -0.117. The average Bonchev–Trinajstić information content (AvgIpc) is 2.43. The molecule has 86 valence electrons. The fraction of sp³-hybridized carbons (Fsp3) is 0.800. The zero-order valence-corrected chi connectivity index (χ0v) is 9.32. The molecule has 1 aliphatic heterocycles. The maximum Gasteiger partial charge on any atom is 0.411 e. The smallest absolute Gasteiger partial charge is 0.411 e. The summed E-state index contributed by atoms with van der Waals surface area (Å²) in [7, 11) is 0. The largest absolute Gasteiger partial charge is 0.444 e. The highest BCUT2D eigenvalue weighted by Gasteiger charge is 2.35. The summed E-state index contributed by atoms with van der Waals surface area (Å²) < 4.78 is 5.13. The standard InChI is InChI=1S/C10H17NO4/c1-10(2,3)15-9(14)11-5-8(13)4-7(11)6-12/h7,12H,4-6H2,1-3H3. The Morgan fingerprint density at radius 1 is 1.60 bits per heavy atom. The van der Waals surface area contributed by atoms with Crippen LogP contribution in [0.2, 0.25) is 0 Å². The molecule has 5 nitrogen and oxygen atoms in total. The Bertz CT molecular complexity index is 269. The van der Waals surface area contributed by atoms with Crippen molar-refractivity contribution in [3.63, 3.8) is 0 Å². The highest BCUT2D eigenvalue weighted by molar-refractivity contribution is 5.88. The van der Waals surface area contributed by atoms with Gasteiger partial charge in [0.25, 0.3) is 0 Å². The number of ether oxygens (including phenoxy) is 1. The van der Waals surface area contributed by atoms with Crippen molar-refractivity contribution < 1.29 is 19.4 Å². The minimum absolute atomic E-state index is 0.0418. The van der Waals surface area contributed by atoms with Gasteiger partial charge in [0.05, 0.1) is 19.2 Å². The zero-order valence-electron chi connectivity index (χ0n) is 9.32. The Kier molecular flexibility index (Phi) is 3.34. The Morgan fingerprint density at radius 2 is 2.20 bits per heavy atom. The molecular weight excluding hydrogens is 198 g/mol. The first-order chi connectivity index (χ1) is 6.83. The van der Waals surface area contributed by atoms with Gasteiger partial charge in [0.15, 0.2) is 5.78 Å². The fourth-order valence-corrected chi connectivity index (χ4v) is 1.45. The molecule has 0 saturated carbocycles. The van der Waals surface area contributed by atoms with Crippen LogP contribution in [0.5, 0.6) is 0 Å². The molecule has 0 aliphatic carbocycles. The van der Waals surface area contributed by atoms with Gasteiger partial charge in [0.2, 0.25) is 0 Å². The quantitative estimate of drug-likeness (QED) is 0.694. The molecule has 0 aromatic carbocycles. The lowest BCUT2D eigenvalue weighted by atomic mass is 10.2. The summed E-state index contributed by atoms with van der Waals surface area (Å²) in [5, 5.41) is 9.00. The molecule has 0 spiro atoms. The second-order valence-corrected chi connectivity index (χ2v) is 4.69. The van der Waals surface area contributed by atoms with Crippen LogP contribution in [0.3, 0.4) is 0 Å². The molecule has 5 heteroatoms. The van der Waals surface area contributed by atoms with E-state index < -0.39 is 17.7 Å². The van der Waals surface area contributed by atoms with Crippen LogP contribution in [0.4, 0.5) is 4.79 Å². The van der Waals surface area contributed by atoms with Gasteiger partial charge in [-0.2, -0.15) is 0 Å². The maximum absolute atomic E-state index is 11.6. The minimum atomic E-state index is -0.581. The predicted molar refractivity (Wildman–Crippen MR) is 53.4 cm³/mol. The van der Waals surface area contributed by atoms with Gasteiger partial charge in [-0.05, 0) is 20.8 Å². The number of hydrogen-bond acceptors (Lipinski definition) is 4. The van der Waals surface area contributed by atoms with Gasteiger partial charge in [0, 0.05) is 6.42 Å². The molecular formula is C10H17NO4. The molecule has 1 fully saturated rings. The first-order valence-electron chi connectivity index (χ1n) is 4.95. The van der Waals surface area contributed by atoms with E-state index in [0.717, 1.165) is 0 Å². The van der Waals surface area contributed by atoms with Gasteiger partial charge in [-0.3, -0.25) is 9.69 Å². The van der Waals surface area contributed by atoms with E-state index in [-0.39, 0.29) is 25.4 Å². The third kappa shape index (κ3) is 3.20. The van der Waals surface area contributed by atoms with Crippen molar-refractivity contribution in [1.29, 1.82) is 0 Å². The molecule has 1 atom stereocenters. The molecule has 1 rings (SSSR count). The molecule has 1 unspecified atom stereocenters. The molecule has 0 aromatic heterocycles. The van der Waals surface area contributed by atoms with E-state index in [2.05, 4.69) is 0 Å². The third-order valence-electron chi connectivity index (χ3n) is 2.09. The summed E-state index contributed by atoms with van der Waals surface area (Å²) in [6.07, 6.45) is -0.317. The van der Waals surface area contributed by atoms with Crippen LogP contribution >= 0.6 is 0 Å². The van der Waals surface area contributed by atoms with Crippen LogP contribution < -0.4 is 0 Å². The number of Topliss-reactive ketones (excluding diaryl/α,β-unsaturated/α-hetero) is 1. The molecule has 1 amide bonds. The average molecular weight is 215 g/mol. The normalized spacial score (nSPS) is 22.0. The van der Waals surface area contributed by atoms with Crippen molar-refractivity contribution in [2.24, 2.45) is 0 Å². The zero-order chi connectivity index (χ0) is 11.6. The van der Waals surface area contributed by atoms with Crippen molar-refractivity contribution in [3.05, 3.63) is 0 Å². The SMILES string of the molecule is CC(C)(C)OC(=O)N1CC(=O)CC1CO. The van der Waals surface area contributed by atoms with Crippen molar-refractivity contribution in [3.8, 4) is 0 Å². The first-order valence-corrected chi connectivity index (χ1v) is 4.95. The number of aliphatic hydroxyl groups is 1. The number of likely N-dealkylation sites (tertiary alicyclic amines) is 1. The topological polar surface area (TPSA) is 66.8 Å². The minimum Gasteiger partial charge on any atom is -0.444 e. The second-order valence-electron chi connectivity index (χ2n) is 4.69. The van der Waals surface area contributed by atoms with E-state index in [0.29, 0.717) is 0 Å². The molecule has 1 aliphatic rings. The maximum atomic E-state index is 11.6. The predicted octanol–water partition coefficient (Wildman–Crippen LogP) is 0.557. The van der Waals surface area contributed by atoms with Gasteiger partial charge < -0.3 is 9.84 Å². The second kappa shape index (κ2) is 4.18. The van der Waals surface area contributed by atoms with Gasteiger partial charge in [-0.25, -0.2) is 4.79 Å². The van der Waals surface area contributed by atoms with E-state index in [1.807, 2.05) is 0 Å². The molecule has 1 N–H and O–H groups in total. The van der Waals surface area contributed by atoms with Crippen LogP contribution in [0.1, 0.15) is 27.2 Å². The number of carbonyl (C=O) groups is 2. The lowest BCUT2D eigenvalue weighted by Gasteiger charge is -2.27. The van der Waals surface area contributed by atoms with E-state index in [4.69, 9.17) is 9.84 Å². The number of carbonyl (C=O) groups excluding carboxylic acids is 2. The third-order valence-corrected chi connectivity index (χ3v) is 2.09. The Balaban J connectivity index is 2.63. The molecule has 15 heavy (non-hydrogen) atoms. The Morgan fingerprint density at radius 3 is 2.67 bits per heavy atom. The van der Waals surface area contributed by atoms with E-state index in [1.54, 1.807) is 20.8 Å². The summed E-state index contributed by atoms with van der Waals surface area (Å²) >= 11 is 0. The highest BCUT2D eigenvalue weighted by atomic mass is 16.6. The summed E-state index contributed by atoms with van der Waals surface area (Å²) in [5.74, 6) is -0.0418. The number of aliphatic hydroxyl groups excluding tert-OH is 1. The van der Waals surface area contributed by atoms with Crippen molar-refractivity contribution in [2.45, 2.75) is 38.8 Å². The van der Waals surface area contributed by atoms with Gasteiger partial charge in [0.1, 0.15) is 5.60 Å². The van der Waals surface area contributed by atoms with E-state index in [9.17, 15) is 9.59 Å². The lowest BCUT2D eigenvalue weighted by Crippen LogP contribution is -2.41. The van der Waals surface area contributed by atoms with Gasteiger partial charge >= 0.3 is 6.09 Å². The van der Waals surface area contributed by atoms with E-state index >= 15 is 0 Å². The number of hydrogen-bond donors (Lipinski definition) is 1. The first kappa shape index (κ1) is 12.0. The van der Waals surface area contributed by atoms with Gasteiger partial charge in [-0.15, -0.1) is 0 Å². The van der Waals surface area contributed by atoms with Crippen LogP contribution in [0.25, 0.3) is 0 Å². The van der Waals surface area contributed by atoms with Crippen molar-refractivity contribution in [1.82, 2.24) is 4.90 Å². The van der Waals surface area contributed by atoms with Crippen LogP contribution in [-0.2, 0) is 9.53 Å². The Labute approximate surface area is 89.0 Å². The van der Waals surface area contributed by atoms with Crippen molar-refractivity contribution >= 4 is 11.9 Å². The monoisotopic (exact) mass is 215 g/mol. The summed E-state index contributed by atoms with van der Waals surface area (Å²) in [5.41, 5.74) is -0.581. The number of ketones is 1. The van der Waals surface area contributed by atoms with Gasteiger partial charge in [-0.1, -0.05) is 0 Å². The van der Waals surface area contributed by atoms with E-state index in [1.165, 1.54) is 4.90 Å². The Hall–Kier alpha value is -1.10. The van der Waals surface area contributed by atoms with Crippen LogP contribution in [-0.4, -0.2) is 46.7 Å². The molecule has 0 radical (unpaired) electrons. The number of amides is 1. The molecule has 0 aromatic rings. The molecule has 1 saturated heterocycles. The highest BCUT2D eigenvalue weighted by Crippen LogP contribution is 2.18. The van der Waals surface area contributed by atoms with Crippen LogP contribution in [0.15, 0.2) is 0 Å². The molecule has 1 heterocycles. The van der Waals surface area contributed by atoms with Crippen LogP contribution in [0, 0.1) is 0 Å². The number of nitrogens with zero attached hydrogens (tertiary/aromatic N) is 1. The number of rotatable bonds is 1. The summed E-state index contributed by atoms with van der Waals surface area (Å²) in [6, 6.07) is -0.424. The summed E-state index contributed by atoms with van der Waals surface area (Å²) in [4.78, 5) is 24.0. The van der Waals surface area contributed by atoms with Crippen molar-refractivity contribution in [2.75, 3.05) is 13.2 Å². The molecule has 0 bridgehead atoms.